The van der Waals surface area contributed by atoms with E-state index in [1.165, 1.54) is 14.0 Å². The van der Waals surface area contributed by atoms with E-state index in [0.29, 0.717) is 18.4 Å². The first-order chi connectivity index (χ1) is 30.0. The zero-order chi connectivity index (χ0) is 48.1. The van der Waals surface area contributed by atoms with E-state index in [1.807, 2.05) is 0 Å². The minimum atomic E-state index is -5.12. The molecule has 0 aromatic heterocycles. The predicted molar refractivity (Wildman–Crippen MR) is 228 cm³/mol. The molecule has 2 aliphatic rings. The Morgan fingerprint density at radius 1 is 0.969 bits per heavy atom. The van der Waals surface area contributed by atoms with E-state index in [4.69, 9.17) is 20.8 Å². The zero-order valence-electron chi connectivity index (χ0n) is 36.8. The van der Waals surface area contributed by atoms with Crippen LogP contribution >= 0.6 is 0 Å². The second-order valence-corrected chi connectivity index (χ2v) is 17.2. The van der Waals surface area contributed by atoms with Crippen LogP contribution in [0.1, 0.15) is 78.7 Å². The number of carbonyl (C=O) groups excluding carboxylic acids is 7. The second kappa shape index (κ2) is 24.0. The van der Waals surface area contributed by atoms with Gasteiger partial charge in [-0.25, -0.2) is 8.98 Å². The molecular weight excluding hydrogens is 863 g/mol. The second-order valence-electron chi connectivity index (χ2n) is 16.1. The molecule has 2 aliphatic heterocycles. The molecule has 0 aliphatic carbocycles. The summed E-state index contributed by atoms with van der Waals surface area (Å²) in [5, 5.41) is 31.7. The summed E-state index contributed by atoms with van der Waals surface area (Å²) >= 11 is 0. The topological polar surface area (TPSA) is 352 Å². The smallest absolute Gasteiger partial charge is 0.397 e. The van der Waals surface area contributed by atoms with Crippen molar-refractivity contribution in [1.82, 2.24) is 31.1 Å². The van der Waals surface area contributed by atoms with E-state index < -0.39 is 125 Å². The van der Waals surface area contributed by atoms with Gasteiger partial charge in [0.15, 0.2) is 12.1 Å². The van der Waals surface area contributed by atoms with Crippen LogP contribution in [-0.2, 0) is 59.3 Å². The third-order valence-corrected chi connectivity index (χ3v) is 11.8. The van der Waals surface area contributed by atoms with Crippen molar-refractivity contribution in [1.29, 1.82) is 0 Å². The highest BCUT2D eigenvalue weighted by molar-refractivity contribution is 7.80. The largest absolute Gasteiger partial charge is 0.458 e. The molecule has 23 nitrogen and oxygen atoms in total. The third kappa shape index (κ3) is 14.8. The van der Waals surface area contributed by atoms with Gasteiger partial charge in [0.1, 0.15) is 55.2 Å². The van der Waals surface area contributed by atoms with Crippen LogP contribution in [0.25, 0.3) is 0 Å². The molecule has 1 aromatic rings. The quantitative estimate of drug-likeness (QED) is 0.0291. The first-order valence-electron chi connectivity index (χ1n) is 21.1. The van der Waals surface area contributed by atoms with Crippen molar-refractivity contribution in [2.45, 2.75) is 134 Å². The number of piperidine rings is 1. The van der Waals surface area contributed by atoms with E-state index >= 15 is 0 Å². The minimum absolute atomic E-state index is 0.0152. The number of nitrogens with zero attached hydrogens (tertiary/aromatic N) is 3. The fourth-order valence-electron chi connectivity index (χ4n) is 7.25. The molecule has 1 aromatic carbocycles. The normalized spacial score (nSPS) is 27.0. The number of hydrogen-bond donors (Lipinski definition) is 9. The zero-order valence-corrected chi connectivity index (χ0v) is 37.7. The minimum Gasteiger partial charge on any atom is -0.458 e. The summed E-state index contributed by atoms with van der Waals surface area (Å²) in [7, 11) is -3.74. The Bertz CT molecular complexity index is 1950. The first kappa shape index (κ1) is 52.9. The van der Waals surface area contributed by atoms with E-state index in [9.17, 15) is 52.2 Å². The fraction of sp³-hybridized carbons (Fsp3) is 0.650. The highest BCUT2D eigenvalue weighted by Crippen LogP contribution is 2.28. The molecular formula is C40H63N9O14S. The van der Waals surface area contributed by atoms with Crippen LogP contribution in [-0.4, -0.2) is 155 Å². The molecule has 0 spiro atoms. The number of esters is 1. The van der Waals surface area contributed by atoms with Gasteiger partial charge in [0.25, 0.3) is 5.91 Å². The maximum atomic E-state index is 14.8. The lowest BCUT2D eigenvalue weighted by Gasteiger charge is -2.44. The Morgan fingerprint density at radius 3 is 2.20 bits per heavy atom. The number of fused-ring (bicyclic) bond motifs is 2. The average molecular weight is 926 g/mol. The van der Waals surface area contributed by atoms with Crippen LogP contribution in [0.5, 0.6) is 0 Å². The Labute approximate surface area is 372 Å². The summed E-state index contributed by atoms with van der Waals surface area (Å²) in [5.41, 5.74) is 11.5. The van der Waals surface area contributed by atoms with Gasteiger partial charge < -0.3 is 57.5 Å². The number of cyclic esters (lactones) is 1. The molecule has 6 amide bonds. The monoisotopic (exact) mass is 925 g/mol. The van der Waals surface area contributed by atoms with Gasteiger partial charge in [-0.3, -0.25) is 38.3 Å². The number of hydrogen-bond acceptors (Lipinski definition) is 14. The van der Waals surface area contributed by atoms with Crippen LogP contribution in [0.4, 0.5) is 0 Å². The summed E-state index contributed by atoms with van der Waals surface area (Å²) in [6.45, 7) is 6.74. The highest BCUT2D eigenvalue weighted by atomic mass is 32.3. The first-order valence-corrected chi connectivity index (χ1v) is 22.5. The molecule has 11 atom stereocenters. The lowest BCUT2D eigenvalue weighted by molar-refractivity contribution is -0.168. The molecule has 0 saturated carbocycles. The number of guanidine groups is 1. The number of amides is 6. The Morgan fingerprint density at radius 2 is 1.61 bits per heavy atom. The summed E-state index contributed by atoms with van der Waals surface area (Å²) in [4.78, 5) is 105. The van der Waals surface area contributed by atoms with Crippen molar-refractivity contribution in [2.75, 3.05) is 20.2 Å². The Hall–Kier alpha value is -5.43. The number of ether oxygens (including phenoxy) is 1. The van der Waals surface area contributed by atoms with Gasteiger partial charge in [-0.1, -0.05) is 70.9 Å². The molecule has 0 radical (unpaired) electrons. The standard InChI is InChI=1S/C40H63N9O14S/c1-7-21(3)30-39(58)63-23(5)31(47-35(54)28(50)20-62-64(59,60)61)36(55)44-25(15-12-18-43-40(41)42)33(52)45-26-16-17-29(51)49(37(26)56)32(22(4)8-2)38(57)48(6)27(34(53)46-30)19-24-13-10-9-11-14-24/h9-11,13-14,21-23,25-32,50-51H,7-8,12,15-20H2,1-6H3,(H,44,55)(H,45,52)(H,46,53)(H,47,54)(H4,41,42,43)(H,59,60,61)/t21-,22-,23+,25-,26-,27-,28-,29+,30-,31-,32-/m0/s1. The number of nitrogens with two attached hydrogens (primary N) is 2. The molecule has 3 rings (SSSR count). The van der Waals surface area contributed by atoms with Crippen LogP contribution in [0.2, 0.25) is 0 Å². The van der Waals surface area contributed by atoms with Crippen molar-refractivity contribution in [2.24, 2.45) is 28.3 Å². The maximum absolute atomic E-state index is 14.8. The number of benzene rings is 1. The van der Waals surface area contributed by atoms with Crippen LogP contribution in [0, 0.1) is 11.8 Å². The number of aliphatic hydroxyl groups excluding tert-OH is 2. The Balaban J connectivity index is 2.24. The summed E-state index contributed by atoms with van der Waals surface area (Å²) in [5.74, 6) is -8.39. The van der Waals surface area contributed by atoms with Crippen molar-refractivity contribution in [3.63, 3.8) is 0 Å². The predicted octanol–water partition coefficient (Wildman–Crippen LogP) is -2.42. The Kier molecular flexibility index (Phi) is 19.9. The molecule has 2 fully saturated rings. The summed E-state index contributed by atoms with van der Waals surface area (Å²) in [6.07, 6.45) is -5.10. The lowest BCUT2D eigenvalue weighted by Crippen LogP contribution is -2.66. The van der Waals surface area contributed by atoms with Gasteiger partial charge in [0, 0.05) is 20.0 Å². The molecule has 0 unspecified atom stereocenters. The van der Waals surface area contributed by atoms with Crippen molar-refractivity contribution < 1.29 is 65.7 Å². The lowest BCUT2D eigenvalue weighted by atomic mass is 9.91. The number of aliphatic imine (C=N–C) groups is 1. The van der Waals surface area contributed by atoms with Gasteiger partial charge >= 0.3 is 16.4 Å². The maximum Gasteiger partial charge on any atom is 0.397 e. The van der Waals surface area contributed by atoms with Crippen LogP contribution in [0.15, 0.2) is 35.3 Å². The van der Waals surface area contributed by atoms with Gasteiger partial charge in [0.2, 0.25) is 29.5 Å². The van der Waals surface area contributed by atoms with Gasteiger partial charge in [-0.2, -0.15) is 8.42 Å². The van der Waals surface area contributed by atoms with Gasteiger partial charge in [-0.15, -0.1) is 0 Å². The molecule has 24 heteroatoms. The van der Waals surface area contributed by atoms with Crippen molar-refractivity contribution in [3.05, 3.63) is 35.9 Å². The number of nitrogens with one attached hydrogen (secondary N) is 4. The van der Waals surface area contributed by atoms with Crippen LogP contribution in [0.3, 0.4) is 0 Å². The number of likely N-dealkylation sites (N-methyl/N-ethyl adjacent to an activating group) is 1. The van der Waals surface area contributed by atoms with E-state index in [1.54, 1.807) is 58.0 Å². The fourth-order valence-corrected chi connectivity index (χ4v) is 7.55. The van der Waals surface area contributed by atoms with E-state index in [2.05, 4.69) is 30.4 Å². The van der Waals surface area contributed by atoms with Crippen LogP contribution < -0.4 is 32.7 Å². The van der Waals surface area contributed by atoms with Gasteiger partial charge in [-0.05, 0) is 50.0 Å². The molecule has 2 saturated heterocycles. The number of aliphatic hydroxyl groups is 2. The third-order valence-electron chi connectivity index (χ3n) is 11.4. The van der Waals surface area contributed by atoms with E-state index in [-0.39, 0.29) is 44.6 Å². The molecule has 64 heavy (non-hydrogen) atoms. The molecule has 11 N–H and O–H groups in total. The van der Waals surface area contributed by atoms with Gasteiger partial charge in [0.05, 0.1) is 0 Å². The molecule has 2 bridgehead atoms. The summed E-state index contributed by atoms with van der Waals surface area (Å²) < 4.78 is 41.1. The van der Waals surface area contributed by atoms with Crippen molar-refractivity contribution >= 4 is 57.8 Å². The molecule has 2 heterocycles. The number of rotatable bonds is 15. The summed E-state index contributed by atoms with van der Waals surface area (Å²) in [6, 6.07) is -0.136. The van der Waals surface area contributed by atoms with E-state index in [0.717, 1.165) is 9.80 Å². The highest BCUT2D eigenvalue weighted by Gasteiger charge is 2.47. The average Bonchev–Trinajstić information content (AvgIpc) is 3.24. The van der Waals surface area contributed by atoms with Crippen molar-refractivity contribution in [3.8, 4) is 0 Å². The number of carbonyl (C=O) groups is 7. The molecule has 358 valence electrons. The SMILES string of the molecule is CC[C@H](C)[C@@H]1NC(=O)[C@H](Cc2ccccc2)N(C)C(=O)[C@H]([C@@H](C)CC)N2C(=O)[C@H](CC[C@H]2O)NC(=O)[C@H](CCCN=C(N)N)NC(=O)[C@@H](NC(=O)[C@@H](O)COS(=O)(=O)O)[C@@H](C)OC1=O.